The van der Waals surface area contributed by atoms with Gasteiger partial charge in [-0.05, 0) is 44.2 Å². The van der Waals surface area contributed by atoms with Crippen molar-refractivity contribution in [2.45, 2.75) is 84.3 Å². The summed E-state index contributed by atoms with van der Waals surface area (Å²) in [6, 6.07) is 9.81. The summed E-state index contributed by atoms with van der Waals surface area (Å²) in [4.78, 5) is 23.7. The quantitative estimate of drug-likeness (QED) is 0.119. The molecule has 2 rings (SSSR count). The van der Waals surface area contributed by atoms with Crippen LogP contribution < -0.4 is 9.47 Å². The van der Waals surface area contributed by atoms with Gasteiger partial charge in [-0.2, -0.15) is 0 Å². The van der Waals surface area contributed by atoms with E-state index in [0.717, 1.165) is 73.5 Å². The van der Waals surface area contributed by atoms with Crippen LogP contribution in [0.1, 0.15) is 70.8 Å². The number of ether oxygens (including phenoxy) is 4. The third-order valence-electron chi connectivity index (χ3n) is 6.14. The Bertz CT molecular complexity index is 1030. The molecule has 0 aliphatic rings. The molecule has 202 valence electrons. The fraction of sp³-hybridized carbons (Fsp3) is 0.484. The van der Waals surface area contributed by atoms with E-state index >= 15 is 0 Å². The second kappa shape index (κ2) is 16.5. The largest absolute Gasteiger partial charge is 0.489 e. The molecule has 0 spiro atoms. The highest BCUT2D eigenvalue weighted by Crippen LogP contribution is 2.37. The Morgan fingerprint density at radius 2 is 1.32 bits per heavy atom. The third-order valence-corrected chi connectivity index (χ3v) is 6.14. The highest BCUT2D eigenvalue weighted by molar-refractivity contribution is 5.94. The minimum atomic E-state index is -0.444. The SMILES string of the molecule is C=CC(=O)OC(CCCCC)COc1cc(C)c(OCC(CCCCC)OC(=O)C=C)c2ccccc12. The van der Waals surface area contributed by atoms with Gasteiger partial charge in [-0.25, -0.2) is 9.59 Å². The lowest BCUT2D eigenvalue weighted by molar-refractivity contribution is -0.145. The molecule has 0 aliphatic carbocycles. The van der Waals surface area contributed by atoms with Crippen molar-refractivity contribution in [3.05, 3.63) is 61.2 Å². The van der Waals surface area contributed by atoms with Gasteiger partial charge in [0.25, 0.3) is 0 Å². The van der Waals surface area contributed by atoms with Crippen molar-refractivity contribution in [1.82, 2.24) is 0 Å². The van der Waals surface area contributed by atoms with Gasteiger partial charge in [-0.15, -0.1) is 0 Å². The van der Waals surface area contributed by atoms with E-state index in [1.54, 1.807) is 0 Å². The smallest absolute Gasteiger partial charge is 0.330 e. The zero-order valence-electron chi connectivity index (χ0n) is 22.6. The van der Waals surface area contributed by atoms with Gasteiger partial charge < -0.3 is 18.9 Å². The van der Waals surface area contributed by atoms with Crippen LogP contribution in [0.25, 0.3) is 10.8 Å². The Balaban J connectivity index is 2.21. The molecule has 0 aliphatic heterocycles. The standard InChI is InChI=1S/C31H42O6/c1-6-10-12-16-24(36-29(32)8-3)21-34-28-20-23(5)31(27-19-15-14-18-26(27)28)35-22-25(17-13-11-7-2)37-30(33)9-4/h8-9,14-15,18-20,24-25H,3-4,6-7,10-13,16-17,21-22H2,1-2,5H3. The van der Waals surface area contributed by atoms with Gasteiger partial charge in [0.2, 0.25) is 0 Å². The van der Waals surface area contributed by atoms with Gasteiger partial charge in [-0.3, -0.25) is 0 Å². The first kappa shape index (κ1) is 29.9. The average molecular weight is 511 g/mol. The van der Waals surface area contributed by atoms with Crippen molar-refractivity contribution >= 4 is 22.7 Å². The van der Waals surface area contributed by atoms with Crippen LogP contribution in [0.4, 0.5) is 0 Å². The van der Waals surface area contributed by atoms with E-state index in [9.17, 15) is 9.59 Å². The van der Waals surface area contributed by atoms with Gasteiger partial charge >= 0.3 is 11.9 Å². The molecule has 2 unspecified atom stereocenters. The van der Waals surface area contributed by atoms with Crippen molar-refractivity contribution < 1.29 is 28.5 Å². The van der Waals surface area contributed by atoms with E-state index in [-0.39, 0.29) is 25.4 Å². The lowest BCUT2D eigenvalue weighted by atomic mass is 10.0. The second-order valence-corrected chi connectivity index (χ2v) is 9.21. The van der Waals surface area contributed by atoms with Crippen molar-refractivity contribution in [3.8, 4) is 11.5 Å². The van der Waals surface area contributed by atoms with E-state index in [4.69, 9.17) is 18.9 Å². The number of aryl methyl sites for hydroxylation is 1. The predicted octanol–water partition coefficient (Wildman–Crippen LogP) is 7.26. The van der Waals surface area contributed by atoms with E-state index < -0.39 is 11.9 Å². The maximum atomic E-state index is 11.8. The van der Waals surface area contributed by atoms with Crippen molar-refractivity contribution in [2.24, 2.45) is 0 Å². The molecule has 6 nitrogen and oxygen atoms in total. The van der Waals surface area contributed by atoms with Crippen LogP contribution in [-0.2, 0) is 19.1 Å². The lowest BCUT2D eigenvalue weighted by Crippen LogP contribution is -2.25. The molecule has 0 bridgehead atoms. The van der Waals surface area contributed by atoms with E-state index in [2.05, 4.69) is 27.0 Å². The summed E-state index contributed by atoms with van der Waals surface area (Å²) in [5.74, 6) is 0.547. The fourth-order valence-electron chi connectivity index (χ4n) is 4.14. The molecular formula is C31H42O6. The van der Waals surface area contributed by atoms with E-state index in [1.165, 1.54) is 12.2 Å². The van der Waals surface area contributed by atoms with Gasteiger partial charge in [0.05, 0.1) is 0 Å². The number of carbonyl (C=O) groups is 2. The minimum Gasteiger partial charge on any atom is -0.489 e. The summed E-state index contributed by atoms with van der Waals surface area (Å²) in [5, 5.41) is 1.81. The van der Waals surface area contributed by atoms with Crippen LogP contribution in [0.15, 0.2) is 55.6 Å². The number of unbranched alkanes of at least 4 members (excludes halogenated alkanes) is 4. The molecule has 2 aromatic rings. The predicted molar refractivity (Wildman–Crippen MR) is 148 cm³/mol. The first-order chi connectivity index (χ1) is 17.9. The second-order valence-electron chi connectivity index (χ2n) is 9.21. The number of hydrogen-bond donors (Lipinski definition) is 0. The van der Waals surface area contributed by atoms with Crippen LogP contribution in [0.2, 0.25) is 0 Å². The highest BCUT2D eigenvalue weighted by atomic mass is 16.6. The van der Waals surface area contributed by atoms with Crippen molar-refractivity contribution in [3.63, 3.8) is 0 Å². The van der Waals surface area contributed by atoms with Crippen LogP contribution >= 0.6 is 0 Å². The molecule has 0 heterocycles. The fourth-order valence-corrected chi connectivity index (χ4v) is 4.14. The normalized spacial score (nSPS) is 12.4. The number of benzene rings is 2. The first-order valence-electron chi connectivity index (χ1n) is 13.4. The number of hydrogen-bond acceptors (Lipinski definition) is 6. The summed E-state index contributed by atoms with van der Waals surface area (Å²) in [7, 11) is 0. The molecule has 37 heavy (non-hydrogen) atoms. The number of esters is 2. The Kier molecular flexibility index (Phi) is 13.3. The maximum Gasteiger partial charge on any atom is 0.330 e. The molecule has 0 saturated carbocycles. The van der Waals surface area contributed by atoms with Crippen LogP contribution in [0.3, 0.4) is 0 Å². The lowest BCUT2D eigenvalue weighted by Gasteiger charge is -2.22. The molecule has 0 saturated heterocycles. The van der Waals surface area contributed by atoms with Gasteiger partial charge in [0.1, 0.15) is 36.9 Å². The monoisotopic (exact) mass is 510 g/mol. The summed E-state index contributed by atoms with van der Waals surface area (Å²) >= 11 is 0. The first-order valence-corrected chi connectivity index (χ1v) is 13.4. The van der Waals surface area contributed by atoms with Crippen LogP contribution in [0.5, 0.6) is 11.5 Å². The molecule has 0 amide bonds. The zero-order valence-corrected chi connectivity index (χ0v) is 22.6. The topological polar surface area (TPSA) is 71.1 Å². The summed E-state index contributed by atoms with van der Waals surface area (Å²) in [6.45, 7) is 13.7. The van der Waals surface area contributed by atoms with Crippen molar-refractivity contribution in [2.75, 3.05) is 13.2 Å². The highest BCUT2D eigenvalue weighted by Gasteiger charge is 2.19. The van der Waals surface area contributed by atoms with Crippen LogP contribution in [-0.4, -0.2) is 37.4 Å². The molecule has 0 radical (unpaired) electrons. The molecule has 0 fully saturated rings. The number of rotatable bonds is 18. The molecule has 2 atom stereocenters. The van der Waals surface area contributed by atoms with E-state index in [1.807, 2.05) is 37.3 Å². The van der Waals surface area contributed by atoms with Gasteiger partial charge in [0.15, 0.2) is 0 Å². The van der Waals surface area contributed by atoms with Crippen molar-refractivity contribution in [1.29, 1.82) is 0 Å². The molecular weight excluding hydrogens is 468 g/mol. The Morgan fingerprint density at radius 3 is 1.84 bits per heavy atom. The number of carbonyl (C=O) groups excluding carboxylic acids is 2. The molecule has 0 aromatic heterocycles. The summed E-state index contributed by atoms with van der Waals surface area (Å²) in [5.41, 5.74) is 0.904. The molecule has 2 aromatic carbocycles. The van der Waals surface area contributed by atoms with Crippen LogP contribution in [0, 0.1) is 6.92 Å². The summed E-state index contributed by atoms with van der Waals surface area (Å²) in [6.07, 6.45) is 9.33. The zero-order chi connectivity index (χ0) is 27.0. The third kappa shape index (κ3) is 9.95. The molecule has 6 heteroatoms. The summed E-state index contributed by atoms with van der Waals surface area (Å²) < 4.78 is 23.5. The van der Waals surface area contributed by atoms with Gasteiger partial charge in [0, 0.05) is 22.9 Å². The Morgan fingerprint density at radius 1 is 0.811 bits per heavy atom. The number of fused-ring (bicyclic) bond motifs is 1. The van der Waals surface area contributed by atoms with Gasteiger partial charge in [-0.1, -0.05) is 77.0 Å². The Labute approximate surface area is 221 Å². The molecule has 0 N–H and O–H groups in total. The minimum absolute atomic E-state index is 0.254. The average Bonchev–Trinajstić information content (AvgIpc) is 2.90. The van der Waals surface area contributed by atoms with E-state index in [0.29, 0.717) is 5.75 Å². The maximum absolute atomic E-state index is 11.8. The Hall–Kier alpha value is -3.28.